The summed E-state index contributed by atoms with van der Waals surface area (Å²) in [5.41, 5.74) is 6.02. The normalized spacial score (nSPS) is 10.2. The van der Waals surface area contributed by atoms with Gasteiger partial charge >= 0.3 is 0 Å². The number of ether oxygens (including phenoxy) is 1. The van der Waals surface area contributed by atoms with E-state index in [-0.39, 0.29) is 12.3 Å². The quantitative estimate of drug-likeness (QED) is 0.863. The SMILES string of the molecule is COc1ccc(Nc2ccnc(CN)n2)cc1F. The minimum Gasteiger partial charge on any atom is -0.494 e. The van der Waals surface area contributed by atoms with Crippen molar-refractivity contribution >= 4 is 11.5 Å². The van der Waals surface area contributed by atoms with Gasteiger partial charge in [0.25, 0.3) is 0 Å². The van der Waals surface area contributed by atoms with E-state index in [4.69, 9.17) is 10.5 Å². The Hall–Kier alpha value is -2.21. The molecule has 6 heteroatoms. The van der Waals surface area contributed by atoms with Crippen molar-refractivity contribution in [2.24, 2.45) is 5.73 Å². The molecule has 94 valence electrons. The maximum Gasteiger partial charge on any atom is 0.167 e. The standard InChI is InChI=1S/C12H13FN4O/c1-18-10-3-2-8(6-9(10)13)16-11-4-5-15-12(7-14)17-11/h2-6H,7,14H2,1H3,(H,15,16,17). The van der Waals surface area contributed by atoms with Gasteiger partial charge < -0.3 is 15.8 Å². The zero-order chi connectivity index (χ0) is 13.0. The van der Waals surface area contributed by atoms with Crippen LogP contribution in [-0.4, -0.2) is 17.1 Å². The van der Waals surface area contributed by atoms with Crippen LogP contribution in [0.4, 0.5) is 15.9 Å². The summed E-state index contributed by atoms with van der Waals surface area (Å²) >= 11 is 0. The summed E-state index contributed by atoms with van der Waals surface area (Å²) in [6.07, 6.45) is 1.59. The Labute approximate surface area is 104 Å². The molecule has 0 atom stereocenters. The summed E-state index contributed by atoms with van der Waals surface area (Å²) in [7, 11) is 1.42. The minimum absolute atomic E-state index is 0.200. The molecule has 3 N–H and O–H groups in total. The minimum atomic E-state index is -0.435. The highest BCUT2D eigenvalue weighted by molar-refractivity contribution is 5.57. The van der Waals surface area contributed by atoms with Crippen molar-refractivity contribution in [3.63, 3.8) is 0 Å². The van der Waals surface area contributed by atoms with Gasteiger partial charge in [-0.25, -0.2) is 14.4 Å². The lowest BCUT2D eigenvalue weighted by Crippen LogP contribution is -2.04. The number of anilines is 2. The van der Waals surface area contributed by atoms with Crippen LogP contribution in [0.1, 0.15) is 5.82 Å². The van der Waals surface area contributed by atoms with Crippen molar-refractivity contribution < 1.29 is 9.13 Å². The van der Waals surface area contributed by atoms with Gasteiger partial charge in [-0.2, -0.15) is 0 Å². The van der Waals surface area contributed by atoms with Gasteiger partial charge in [0.2, 0.25) is 0 Å². The molecule has 0 bridgehead atoms. The van der Waals surface area contributed by atoms with Gasteiger partial charge in [-0.3, -0.25) is 0 Å². The van der Waals surface area contributed by atoms with Crippen LogP contribution in [0.3, 0.4) is 0 Å². The van der Waals surface area contributed by atoms with Crippen LogP contribution in [0.5, 0.6) is 5.75 Å². The Balaban J connectivity index is 2.20. The molecule has 2 rings (SSSR count). The van der Waals surface area contributed by atoms with Crippen LogP contribution in [0.25, 0.3) is 0 Å². The second-order valence-electron chi connectivity index (χ2n) is 3.54. The average Bonchev–Trinajstić information content (AvgIpc) is 2.39. The number of hydrogen-bond donors (Lipinski definition) is 2. The number of aromatic nitrogens is 2. The number of nitrogens with zero attached hydrogens (tertiary/aromatic N) is 2. The van der Waals surface area contributed by atoms with Crippen LogP contribution in [0.2, 0.25) is 0 Å². The van der Waals surface area contributed by atoms with E-state index in [1.807, 2.05) is 0 Å². The van der Waals surface area contributed by atoms with Crippen molar-refractivity contribution in [1.82, 2.24) is 9.97 Å². The molecule has 0 aliphatic carbocycles. The van der Waals surface area contributed by atoms with Gasteiger partial charge in [0.15, 0.2) is 11.6 Å². The third-order valence-corrected chi connectivity index (χ3v) is 2.31. The number of halogens is 1. The lowest BCUT2D eigenvalue weighted by Gasteiger charge is -2.08. The number of nitrogens with two attached hydrogens (primary N) is 1. The molecule has 2 aromatic rings. The molecule has 0 unspecified atom stereocenters. The number of methoxy groups -OCH3 is 1. The molecule has 1 aromatic heterocycles. The maximum absolute atomic E-state index is 13.5. The molecule has 0 spiro atoms. The second kappa shape index (κ2) is 5.42. The van der Waals surface area contributed by atoms with Gasteiger partial charge in [-0.15, -0.1) is 0 Å². The number of hydrogen-bond acceptors (Lipinski definition) is 5. The van der Waals surface area contributed by atoms with Crippen LogP contribution < -0.4 is 15.8 Å². The van der Waals surface area contributed by atoms with E-state index in [1.165, 1.54) is 13.2 Å². The fourth-order valence-corrected chi connectivity index (χ4v) is 1.46. The summed E-state index contributed by atoms with van der Waals surface area (Å²) in [6, 6.07) is 6.26. The van der Waals surface area contributed by atoms with E-state index < -0.39 is 5.82 Å². The predicted molar refractivity (Wildman–Crippen MR) is 66.2 cm³/mol. The zero-order valence-corrected chi connectivity index (χ0v) is 9.85. The summed E-state index contributed by atoms with van der Waals surface area (Å²) < 4.78 is 18.3. The Bertz CT molecular complexity index is 547. The summed E-state index contributed by atoms with van der Waals surface area (Å²) in [4.78, 5) is 8.13. The molecule has 0 aliphatic rings. The fourth-order valence-electron chi connectivity index (χ4n) is 1.46. The Morgan fingerprint density at radius 1 is 1.39 bits per heavy atom. The molecule has 0 saturated heterocycles. The molecular weight excluding hydrogens is 235 g/mol. The summed E-state index contributed by atoms with van der Waals surface area (Å²) in [5, 5.41) is 2.97. The van der Waals surface area contributed by atoms with Crippen LogP contribution in [-0.2, 0) is 6.54 Å². The molecular formula is C12H13FN4O. The van der Waals surface area contributed by atoms with E-state index >= 15 is 0 Å². The van der Waals surface area contributed by atoms with E-state index in [0.717, 1.165) is 0 Å². The van der Waals surface area contributed by atoms with Crippen LogP contribution >= 0.6 is 0 Å². The summed E-state index contributed by atoms with van der Waals surface area (Å²) in [6.45, 7) is 0.256. The molecule has 5 nitrogen and oxygen atoms in total. The van der Waals surface area contributed by atoms with Crippen LogP contribution in [0, 0.1) is 5.82 Å². The van der Waals surface area contributed by atoms with Crippen molar-refractivity contribution in [3.05, 3.63) is 42.1 Å². The lowest BCUT2D eigenvalue weighted by atomic mass is 10.3. The number of nitrogens with one attached hydrogen (secondary N) is 1. The Kier molecular flexibility index (Phi) is 3.69. The van der Waals surface area contributed by atoms with Crippen molar-refractivity contribution in [1.29, 1.82) is 0 Å². The molecule has 1 heterocycles. The molecule has 0 amide bonds. The Morgan fingerprint density at radius 2 is 2.22 bits per heavy atom. The summed E-state index contributed by atoms with van der Waals surface area (Å²) in [5.74, 6) is 0.852. The second-order valence-corrected chi connectivity index (χ2v) is 3.54. The molecule has 18 heavy (non-hydrogen) atoms. The van der Waals surface area contributed by atoms with E-state index in [1.54, 1.807) is 24.4 Å². The zero-order valence-electron chi connectivity index (χ0n) is 9.85. The van der Waals surface area contributed by atoms with Gasteiger partial charge in [0, 0.05) is 18.0 Å². The van der Waals surface area contributed by atoms with E-state index in [0.29, 0.717) is 17.3 Å². The van der Waals surface area contributed by atoms with Gasteiger partial charge in [-0.1, -0.05) is 0 Å². The van der Waals surface area contributed by atoms with Gasteiger partial charge in [0.05, 0.1) is 13.7 Å². The van der Waals surface area contributed by atoms with Gasteiger partial charge in [0.1, 0.15) is 11.6 Å². The molecule has 0 fully saturated rings. The first-order chi connectivity index (χ1) is 8.72. The Morgan fingerprint density at radius 3 is 2.89 bits per heavy atom. The van der Waals surface area contributed by atoms with Crippen molar-refractivity contribution in [2.75, 3.05) is 12.4 Å². The third kappa shape index (κ3) is 2.72. The first kappa shape index (κ1) is 12.3. The first-order valence-electron chi connectivity index (χ1n) is 5.35. The predicted octanol–water partition coefficient (Wildman–Crippen LogP) is 1.83. The van der Waals surface area contributed by atoms with Crippen molar-refractivity contribution in [2.45, 2.75) is 6.54 Å². The van der Waals surface area contributed by atoms with E-state index in [2.05, 4.69) is 15.3 Å². The highest BCUT2D eigenvalue weighted by Crippen LogP contribution is 2.22. The monoisotopic (exact) mass is 248 g/mol. The van der Waals surface area contributed by atoms with E-state index in [9.17, 15) is 4.39 Å². The lowest BCUT2D eigenvalue weighted by molar-refractivity contribution is 0.386. The van der Waals surface area contributed by atoms with Crippen molar-refractivity contribution in [3.8, 4) is 5.75 Å². The molecule has 0 saturated carbocycles. The molecule has 1 aromatic carbocycles. The smallest absolute Gasteiger partial charge is 0.167 e. The topological polar surface area (TPSA) is 73.1 Å². The fraction of sp³-hybridized carbons (Fsp3) is 0.167. The maximum atomic E-state index is 13.5. The first-order valence-corrected chi connectivity index (χ1v) is 5.35. The average molecular weight is 248 g/mol. The molecule has 0 aliphatic heterocycles. The molecule has 0 radical (unpaired) electrons. The largest absolute Gasteiger partial charge is 0.494 e. The highest BCUT2D eigenvalue weighted by Gasteiger charge is 2.04. The third-order valence-electron chi connectivity index (χ3n) is 2.31. The number of rotatable bonds is 4. The van der Waals surface area contributed by atoms with Gasteiger partial charge in [-0.05, 0) is 18.2 Å². The number of benzene rings is 1. The van der Waals surface area contributed by atoms with Crippen LogP contribution in [0.15, 0.2) is 30.5 Å². The highest BCUT2D eigenvalue weighted by atomic mass is 19.1.